The van der Waals surface area contributed by atoms with E-state index < -0.39 is 0 Å². The van der Waals surface area contributed by atoms with E-state index in [1.807, 2.05) is 12.1 Å². The van der Waals surface area contributed by atoms with E-state index in [-0.39, 0.29) is 35.0 Å². The lowest BCUT2D eigenvalue weighted by Gasteiger charge is -2.32. The summed E-state index contributed by atoms with van der Waals surface area (Å²) in [5, 5.41) is 6.02. The number of likely N-dealkylation sites (N-methyl/N-ethyl adjacent to an activating group) is 1. The van der Waals surface area contributed by atoms with Crippen molar-refractivity contribution in [3.05, 3.63) is 35.6 Å². The molecule has 3 fully saturated rings. The minimum Gasteiger partial charge on any atom is -0.358 e. The molecule has 182 valence electrons. The van der Waals surface area contributed by atoms with Crippen LogP contribution < -0.4 is 10.6 Å². The van der Waals surface area contributed by atoms with Crippen LogP contribution in [0, 0.1) is 29.0 Å². The monoisotopic (exact) mass is 458 g/mol. The molecule has 2 N–H and O–H groups in total. The Morgan fingerprint density at radius 2 is 1.88 bits per heavy atom. The summed E-state index contributed by atoms with van der Waals surface area (Å²) in [5.41, 5.74) is 0.723. The van der Waals surface area contributed by atoms with Crippen LogP contribution in [-0.4, -0.2) is 67.4 Å². The standard InChI is InChI=1S/C26H39FN4O2/c1-18(2)15-31-17-26(13-23(31)25(33)28-3)12-21(26)24(32)29-14-19-8-10-30(11-9-19)16-20-6-4-5-7-22(20)27/h4-7,18-19,21,23H,8-17H2,1-3H3,(H,28,33)(H,29,32)/t21-,23+,26+/m1/s1. The Morgan fingerprint density at radius 1 is 1.15 bits per heavy atom. The summed E-state index contributed by atoms with van der Waals surface area (Å²) in [6.45, 7) is 9.30. The number of halogens is 1. The number of nitrogens with one attached hydrogen (secondary N) is 2. The number of carbonyl (C=O) groups is 2. The number of piperidine rings is 1. The van der Waals surface area contributed by atoms with Crippen molar-refractivity contribution < 1.29 is 14.0 Å². The van der Waals surface area contributed by atoms with E-state index in [4.69, 9.17) is 0 Å². The van der Waals surface area contributed by atoms with Gasteiger partial charge in [0.1, 0.15) is 5.82 Å². The third-order valence-corrected chi connectivity index (χ3v) is 7.84. The summed E-state index contributed by atoms with van der Waals surface area (Å²) < 4.78 is 13.9. The number of benzene rings is 1. The van der Waals surface area contributed by atoms with Crippen molar-refractivity contribution in [2.45, 2.75) is 52.1 Å². The number of hydrogen-bond acceptors (Lipinski definition) is 4. The molecule has 0 aromatic heterocycles. The van der Waals surface area contributed by atoms with Gasteiger partial charge in [0.25, 0.3) is 0 Å². The number of nitrogens with zero attached hydrogens (tertiary/aromatic N) is 2. The van der Waals surface area contributed by atoms with Crippen LogP contribution in [0.5, 0.6) is 0 Å². The average molecular weight is 459 g/mol. The highest BCUT2D eigenvalue weighted by Gasteiger charge is 2.63. The Bertz CT molecular complexity index is 854. The van der Waals surface area contributed by atoms with E-state index in [1.165, 1.54) is 6.07 Å². The molecule has 2 amide bonds. The quantitative estimate of drug-likeness (QED) is 0.629. The van der Waals surface area contributed by atoms with Crippen molar-refractivity contribution in [1.29, 1.82) is 0 Å². The third-order valence-electron chi connectivity index (χ3n) is 7.84. The molecular formula is C26H39FN4O2. The Labute approximate surface area is 197 Å². The minimum atomic E-state index is -0.136. The molecule has 1 aromatic carbocycles. The molecule has 1 aromatic rings. The molecule has 3 atom stereocenters. The molecule has 1 saturated carbocycles. The van der Waals surface area contributed by atoms with Gasteiger partial charge in [0, 0.05) is 44.7 Å². The van der Waals surface area contributed by atoms with Crippen molar-refractivity contribution in [2.75, 3.05) is 39.8 Å². The average Bonchev–Trinajstić information content (AvgIpc) is 3.38. The molecule has 0 bridgehead atoms. The molecule has 0 unspecified atom stereocenters. The van der Waals surface area contributed by atoms with E-state index in [1.54, 1.807) is 13.1 Å². The number of hydrogen-bond donors (Lipinski definition) is 2. The molecule has 1 aliphatic carbocycles. The first-order valence-corrected chi connectivity index (χ1v) is 12.5. The summed E-state index contributed by atoms with van der Waals surface area (Å²) in [7, 11) is 1.69. The third kappa shape index (κ3) is 5.57. The van der Waals surface area contributed by atoms with Crippen LogP contribution in [0.3, 0.4) is 0 Å². The van der Waals surface area contributed by atoms with Crippen molar-refractivity contribution in [3.8, 4) is 0 Å². The van der Waals surface area contributed by atoms with Crippen molar-refractivity contribution in [1.82, 2.24) is 20.4 Å². The number of carbonyl (C=O) groups excluding carboxylic acids is 2. The topological polar surface area (TPSA) is 64.7 Å². The first-order chi connectivity index (χ1) is 15.8. The van der Waals surface area contributed by atoms with Crippen molar-refractivity contribution in [3.63, 3.8) is 0 Å². The molecule has 6 nitrogen and oxygen atoms in total. The first-order valence-electron chi connectivity index (χ1n) is 12.5. The molecule has 0 radical (unpaired) electrons. The second-order valence-electron chi connectivity index (χ2n) is 10.8. The molecular weight excluding hydrogens is 419 g/mol. The predicted octanol–water partition coefficient (Wildman–Crippen LogP) is 2.64. The Hall–Kier alpha value is -1.99. The molecule has 2 saturated heterocycles. The lowest BCUT2D eigenvalue weighted by Crippen LogP contribution is -2.43. The van der Waals surface area contributed by atoms with Gasteiger partial charge >= 0.3 is 0 Å². The zero-order valence-corrected chi connectivity index (χ0v) is 20.3. The van der Waals surface area contributed by atoms with Gasteiger partial charge in [-0.2, -0.15) is 0 Å². The molecule has 1 spiro atoms. The van der Waals surface area contributed by atoms with Crippen molar-refractivity contribution in [2.24, 2.45) is 23.2 Å². The zero-order chi connectivity index (χ0) is 23.6. The maximum atomic E-state index is 13.9. The second kappa shape index (κ2) is 10.1. The highest BCUT2D eigenvalue weighted by atomic mass is 19.1. The van der Waals surface area contributed by atoms with Gasteiger partial charge in [0.05, 0.1) is 6.04 Å². The van der Waals surface area contributed by atoms with Gasteiger partial charge in [-0.25, -0.2) is 4.39 Å². The summed E-state index contributed by atoms with van der Waals surface area (Å²) in [6, 6.07) is 6.87. The van der Waals surface area contributed by atoms with Gasteiger partial charge < -0.3 is 10.6 Å². The van der Waals surface area contributed by atoms with Gasteiger partial charge in [-0.15, -0.1) is 0 Å². The molecule has 2 aliphatic heterocycles. The summed E-state index contributed by atoms with van der Waals surface area (Å²) in [6.07, 6.45) is 3.71. The normalized spacial score (nSPS) is 28.4. The fourth-order valence-electron chi connectivity index (χ4n) is 5.88. The van der Waals surface area contributed by atoms with Crippen LogP contribution in [0.15, 0.2) is 24.3 Å². The molecule has 3 aliphatic rings. The highest BCUT2D eigenvalue weighted by molar-refractivity contribution is 5.85. The molecule has 4 rings (SSSR count). The number of rotatable bonds is 8. The molecule has 33 heavy (non-hydrogen) atoms. The summed E-state index contributed by atoms with van der Waals surface area (Å²) in [4.78, 5) is 29.9. The van der Waals surface area contributed by atoms with E-state index in [0.717, 1.165) is 57.4 Å². The lowest BCUT2D eigenvalue weighted by molar-refractivity contribution is -0.125. The maximum Gasteiger partial charge on any atom is 0.237 e. The van der Waals surface area contributed by atoms with Crippen molar-refractivity contribution >= 4 is 11.8 Å². The molecule has 7 heteroatoms. The minimum absolute atomic E-state index is 0.0285. The fourth-order valence-corrected chi connectivity index (χ4v) is 5.88. The van der Waals surface area contributed by atoms with Gasteiger partial charge in [-0.3, -0.25) is 19.4 Å². The largest absolute Gasteiger partial charge is 0.358 e. The van der Waals surface area contributed by atoms with Gasteiger partial charge in [-0.05, 0) is 62.1 Å². The second-order valence-corrected chi connectivity index (χ2v) is 10.8. The lowest BCUT2D eigenvalue weighted by atomic mass is 9.95. The van der Waals surface area contributed by atoms with Crippen LogP contribution in [0.25, 0.3) is 0 Å². The SMILES string of the molecule is CNC(=O)[C@@H]1C[C@@]2(C[C@@H]2C(=O)NCC2CCN(Cc3ccccc3F)CC2)CN1CC(C)C. The van der Waals surface area contributed by atoms with Crippen LogP contribution in [-0.2, 0) is 16.1 Å². The zero-order valence-electron chi connectivity index (χ0n) is 20.3. The van der Waals surface area contributed by atoms with Crippen LogP contribution in [0.2, 0.25) is 0 Å². The van der Waals surface area contributed by atoms with E-state index in [0.29, 0.717) is 24.9 Å². The van der Waals surface area contributed by atoms with Crippen LogP contribution >= 0.6 is 0 Å². The smallest absolute Gasteiger partial charge is 0.237 e. The van der Waals surface area contributed by atoms with Crippen LogP contribution in [0.4, 0.5) is 4.39 Å². The Balaban J connectivity index is 1.22. The summed E-state index contributed by atoms with van der Waals surface area (Å²) in [5.74, 6) is 1.08. The highest BCUT2D eigenvalue weighted by Crippen LogP contribution is 2.60. The Morgan fingerprint density at radius 3 is 2.55 bits per heavy atom. The van der Waals surface area contributed by atoms with Crippen LogP contribution in [0.1, 0.15) is 45.1 Å². The maximum absolute atomic E-state index is 13.9. The van der Waals surface area contributed by atoms with E-state index >= 15 is 0 Å². The first kappa shape index (κ1) is 24.1. The molecule has 2 heterocycles. The number of amides is 2. The summed E-state index contributed by atoms with van der Waals surface area (Å²) >= 11 is 0. The predicted molar refractivity (Wildman–Crippen MR) is 127 cm³/mol. The van der Waals surface area contributed by atoms with Gasteiger partial charge in [0.2, 0.25) is 11.8 Å². The van der Waals surface area contributed by atoms with Gasteiger partial charge in [-0.1, -0.05) is 32.0 Å². The number of likely N-dealkylation sites (tertiary alicyclic amines) is 2. The van der Waals surface area contributed by atoms with E-state index in [9.17, 15) is 14.0 Å². The fraction of sp³-hybridized carbons (Fsp3) is 0.692. The van der Waals surface area contributed by atoms with Gasteiger partial charge in [0.15, 0.2) is 0 Å². The van der Waals surface area contributed by atoms with E-state index in [2.05, 4.69) is 34.3 Å². The Kier molecular flexibility index (Phi) is 7.39.